The molecular weight excluding hydrogens is 152 g/mol. The summed E-state index contributed by atoms with van der Waals surface area (Å²) in [5, 5.41) is 9.19. The summed E-state index contributed by atoms with van der Waals surface area (Å²) in [5.41, 5.74) is -0.306. The third-order valence-electron chi connectivity index (χ3n) is 3.97. The van der Waals surface area contributed by atoms with E-state index in [2.05, 4.69) is 6.92 Å². The van der Waals surface area contributed by atoms with Gasteiger partial charge in [0.15, 0.2) is 0 Å². The van der Waals surface area contributed by atoms with Crippen LogP contribution in [0.2, 0.25) is 0 Å². The Hall–Kier alpha value is -0.530. The lowest BCUT2D eigenvalue weighted by Gasteiger charge is -2.30. The van der Waals surface area contributed by atoms with E-state index in [0.29, 0.717) is 5.92 Å². The third kappa shape index (κ3) is 0.838. The van der Waals surface area contributed by atoms with Crippen molar-refractivity contribution in [3.8, 4) is 0 Å². The van der Waals surface area contributed by atoms with Crippen molar-refractivity contribution in [2.75, 3.05) is 0 Å². The van der Waals surface area contributed by atoms with Gasteiger partial charge in [-0.3, -0.25) is 4.79 Å². The summed E-state index contributed by atoms with van der Waals surface area (Å²) in [5.74, 6) is 0.661. The highest BCUT2D eigenvalue weighted by molar-refractivity contribution is 5.76. The molecule has 0 aromatic carbocycles. The Kier molecular flexibility index (Phi) is 1.67. The van der Waals surface area contributed by atoms with Gasteiger partial charge in [-0.2, -0.15) is 0 Å². The van der Waals surface area contributed by atoms with Crippen molar-refractivity contribution >= 4 is 5.97 Å². The summed E-state index contributed by atoms with van der Waals surface area (Å²) >= 11 is 0. The Morgan fingerprint density at radius 2 is 2.42 bits per heavy atom. The summed E-state index contributed by atoms with van der Waals surface area (Å²) in [6, 6.07) is 0. The Morgan fingerprint density at radius 3 is 2.83 bits per heavy atom. The van der Waals surface area contributed by atoms with Gasteiger partial charge in [-0.25, -0.2) is 0 Å². The van der Waals surface area contributed by atoms with Crippen LogP contribution in [0.3, 0.4) is 0 Å². The second kappa shape index (κ2) is 2.48. The van der Waals surface area contributed by atoms with Gasteiger partial charge in [0.2, 0.25) is 0 Å². The van der Waals surface area contributed by atoms with Crippen molar-refractivity contribution in [2.45, 2.75) is 39.0 Å². The molecule has 3 unspecified atom stereocenters. The van der Waals surface area contributed by atoms with Gasteiger partial charge in [-0.1, -0.05) is 13.3 Å². The Bertz CT molecular complexity index is 212. The molecule has 2 nitrogen and oxygen atoms in total. The van der Waals surface area contributed by atoms with E-state index in [-0.39, 0.29) is 5.41 Å². The molecule has 2 rings (SSSR count). The topological polar surface area (TPSA) is 37.3 Å². The van der Waals surface area contributed by atoms with Crippen LogP contribution in [0, 0.1) is 17.3 Å². The zero-order valence-electron chi connectivity index (χ0n) is 7.55. The molecule has 2 aliphatic carbocycles. The maximum absolute atomic E-state index is 11.2. The van der Waals surface area contributed by atoms with Crippen LogP contribution in [-0.4, -0.2) is 11.1 Å². The van der Waals surface area contributed by atoms with Crippen LogP contribution in [0.25, 0.3) is 0 Å². The van der Waals surface area contributed by atoms with Gasteiger partial charge in [0, 0.05) is 0 Å². The molecule has 0 aromatic rings. The number of carbonyl (C=O) groups is 1. The molecule has 3 atom stereocenters. The lowest BCUT2D eigenvalue weighted by atomic mass is 9.74. The quantitative estimate of drug-likeness (QED) is 0.686. The second-order valence-electron chi connectivity index (χ2n) is 4.41. The smallest absolute Gasteiger partial charge is 0.309 e. The van der Waals surface area contributed by atoms with E-state index in [1.165, 1.54) is 6.42 Å². The fraction of sp³-hybridized carbons (Fsp3) is 0.900. The first-order chi connectivity index (χ1) is 5.69. The number of aliphatic carboxylic acids is 1. The van der Waals surface area contributed by atoms with E-state index >= 15 is 0 Å². The minimum Gasteiger partial charge on any atom is -0.481 e. The minimum absolute atomic E-state index is 0.306. The zero-order valence-corrected chi connectivity index (χ0v) is 7.55. The summed E-state index contributed by atoms with van der Waals surface area (Å²) in [6.45, 7) is 2.12. The minimum atomic E-state index is -0.533. The first-order valence-electron chi connectivity index (χ1n) is 4.92. The maximum Gasteiger partial charge on any atom is 0.309 e. The molecule has 2 aliphatic rings. The molecule has 2 fully saturated rings. The first kappa shape index (κ1) is 8.09. The number of hydrogen-bond donors (Lipinski definition) is 1. The highest BCUT2D eigenvalue weighted by atomic mass is 16.4. The van der Waals surface area contributed by atoms with Gasteiger partial charge in [0.1, 0.15) is 0 Å². The van der Waals surface area contributed by atoms with Crippen molar-refractivity contribution < 1.29 is 9.90 Å². The van der Waals surface area contributed by atoms with Crippen LogP contribution in [0.4, 0.5) is 0 Å². The predicted molar refractivity (Wildman–Crippen MR) is 45.8 cm³/mol. The zero-order chi connectivity index (χ0) is 8.77. The number of fused-ring (bicyclic) bond motifs is 2. The normalized spacial score (nSPS) is 45.1. The summed E-state index contributed by atoms with van der Waals surface area (Å²) in [4.78, 5) is 11.2. The largest absolute Gasteiger partial charge is 0.481 e. The van der Waals surface area contributed by atoms with Gasteiger partial charge in [-0.15, -0.1) is 0 Å². The molecular formula is C10H16O2. The number of rotatable bonds is 2. The van der Waals surface area contributed by atoms with Crippen molar-refractivity contribution in [1.29, 1.82) is 0 Å². The molecule has 2 bridgehead atoms. The summed E-state index contributed by atoms with van der Waals surface area (Å²) < 4.78 is 0. The molecule has 0 aromatic heterocycles. The SMILES string of the molecule is CCC1CC2CCC1(C(=O)O)C2. The average molecular weight is 168 g/mol. The van der Waals surface area contributed by atoms with Gasteiger partial charge in [0.25, 0.3) is 0 Å². The first-order valence-corrected chi connectivity index (χ1v) is 4.92. The molecule has 1 N–H and O–H groups in total. The molecule has 0 aliphatic heterocycles. The molecule has 68 valence electrons. The Morgan fingerprint density at radius 1 is 1.67 bits per heavy atom. The molecule has 12 heavy (non-hydrogen) atoms. The fourth-order valence-electron chi connectivity index (χ4n) is 3.31. The molecule has 0 radical (unpaired) electrons. The van der Waals surface area contributed by atoms with E-state index in [4.69, 9.17) is 0 Å². The van der Waals surface area contributed by atoms with Crippen LogP contribution in [0.5, 0.6) is 0 Å². The Labute approximate surface area is 73.0 Å². The molecule has 0 spiro atoms. The summed E-state index contributed by atoms with van der Waals surface area (Å²) in [7, 11) is 0. The van der Waals surface area contributed by atoms with Gasteiger partial charge < -0.3 is 5.11 Å². The van der Waals surface area contributed by atoms with Gasteiger partial charge in [0.05, 0.1) is 5.41 Å². The van der Waals surface area contributed by atoms with Crippen molar-refractivity contribution in [2.24, 2.45) is 17.3 Å². The van der Waals surface area contributed by atoms with Crippen LogP contribution in [-0.2, 0) is 4.79 Å². The van der Waals surface area contributed by atoms with Crippen molar-refractivity contribution in [3.63, 3.8) is 0 Å². The number of carboxylic acid groups (broad SMARTS) is 1. The van der Waals surface area contributed by atoms with E-state index in [0.717, 1.165) is 31.6 Å². The molecule has 0 heterocycles. The van der Waals surface area contributed by atoms with E-state index in [9.17, 15) is 9.90 Å². The monoisotopic (exact) mass is 168 g/mol. The predicted octanol–water partition coefficient (Wildman–Crippen LogP) is 2.29. The summed E-state index contributed by atoms with van der Waals surface area (Å²) in [6.07, 6.45) is 5.26. The van der Waals surface area contributed by atoms with Crippen molar-refractivity contribution in [1.82, 2.24) is 0 Å². The molecule has 0 saturated heterocycles. The van der Waals surface area contributed by atoms with Crippen LogP contribution in [0.1, 0.15) is 39.0 Å². The van der Waals surface area contributed by atoms with E-state index < -0.39 is 5.97 Å². The molecule has 0 amide bonds. The molecule has 2 heteroatoms. The number of carboxylic acids is 1. The van der Waals surface area contributed by atoms with Crippen LogP contribution >= 0.6 is 0 Å². The average Bonchev–Trinajstić information content (AvgIpc) is 2.60. The van der Waals surface area contributed by atoms with Crippen LogP contribution < -0.4 is 0 Å². The van der Waals surface area contributed by atoms with Gasteiger partial charge in [-0.05, 0) is 37.5 Å². The van der Waals surface area contributed by atoms with Gasteiger partial charge >= 0.3 is 5.97 Å². The van der Waals surface area contributed by atoms with Crippen molar-refractivity contribution in [3.05, 3.63) is 0 Å². The number of hydrogen-bond acceptors (Lipinski definition) is 1. The standard InChI is InChI=1S/C10H16O2/c1-2-8-5-7-3-4-10(8,6-7)9(11)12/h7-8H,2-6H2,1H3,(H,11,12). The maximum atomic E-state index is 11.2. The highest BCUT2D eigenvalue weighted by Crippen LogP contribution is 2.58. The fourth-order valence-corrected chi connectivity index (χ4v) is 3.31. The highest BCUT2D eigenvalue weighted by Gasteiger charge is 2.55. The second-order valence-corrected chi connectivity index (χ2v) is 4.41. The lowest BCUT2D eigenvalue weighted by molar-refractivity contribution is -0.151. The van der Waals surface area contributed by atoms with E-state index in [1.54, 1.807) is 0 Å². The Balaban J connectivity index is 2.26. The van der Waals surface area contributed by atoms with Crippen LogP contribution in [0.15, 0.2) is 0 Å². The lowest BCUT2D eigenvalue weighted by Crippen LogP contribution is -2.33. The molecule has 2 saturated carbocycles. The van der Waals surface area contributed by atoms with E-state index in [1.807, 2.05) is 0 Å². The third-order valence-corrected chi connectivity index (χ3v) is 3.97.